The van der Waals surface area contributed by atoms with E-state index in [1.165, 1.54) is 16.2 Å². The van der Waals surface area contributed by atoms with Crippen LogP contribution < -0.4 is 20.7 Å². The van der Waals surface area contributed by atoms with Crippen molar-refractivity contribution in [2.24, 2.45) is 14.1 Å². The summed E-state index contributed by atoms with van der Waals surface area (Å²) in [6.45, 7) is 3.60. The number of benzene rings is 2. The molecule has 31 heavy (non-hydrogen) atoms. The molecule has 1 aromatic heterocycles. The quantitative estimate of drug-likeness (QED) is 0.612. The third kappa shape index (κ3) is 3.74. The monoisotopic (exact) mass is 442 g/mol. The second-order valence-electron chi connectivity index (χ2n) is 7.88. The number of aryl methyl sites for hydroxylation is 3. The van der Waals surface area contributed by atoms with E-state index >= 15 is 0 Å². The molecule has 1 aliphatic heterocycles. The summed E-state index contributed by atoms with van der Waals surface area (Å²) >= 11 is 0. The molecule has 3 aromatic rings. The van der Waals surface area contributed by atoms with Gasteiger partial charge in [-0.2, -0.15) is 0 Å². The van der Waals surface area contributed by atoms with Crippen molar-refractivity contribution < 1.29 is 8.42 Å². The first-order chi connectivity index (χ1) is 14.7. The zero-order chi connectivity index (χ0) is 22.3. The summed E-state index contributed by atoms with van der Waals surface area (Å²) in [6, 6.07) is 10.2. The minimum absolute atomic E-state index is 0.173. The van der Waals surface area contributed by atoms with Crippen LogP contribution >= 0.6 is 0 Å². The summed E-state index contributed by atoms with van der Waals surface area (Å²) in [4.78, 5) is 26.9. The maximum absolute atomic E-state index is 13.1. The normalized spacial score (nSPS) is 14.4. The van der Waals surface area contributed by atoms with Crippen LogP contribution in [0, 0.1) is 0 Å². The Morgan fingerprint density at radius 1 is 0.903 bits per heavy atom. The van der Waals surface area contributed by atoms with E-state index in [4.69, 9.17) is 0 Å². The molecule has 8 nitrogen and oxygen atoms in total. The van der Waals surface area contributed by atoms with Crippen LogP contribution in [0.4, 0.5) is 11.4 Å². The summed E-state index contributed by atoms with van der Waals surface area (Å²) < 4.78 is 31.5. The lowest BCUT2D eigenvalue weighted by Crippen LogP contribution is -2.39. The Kier molecular flexibility index (Phi) is 5.38. The van der Waals surface area contributed by atoms with Crippen LogP contribution in [0.2, 0.25) is 0 Å². The Morgan fingerprint density at radius 3 is 2.00 bits per heavy atom. The molecule has 0 radical (unpaired) electrons. The molecule has 1 saturated heterocycles. The molecule has 0 spiro atoms. The molecule has 2 heterocycles. The van der Waals surface area contributed by atoms with Gasteiger partial charge in [0.2, 0.25) is 0 Å². The molecule has 0 unspecified atom stereocenters. The van der Waals surface area contributed by atoms with Crippen LogP contribution in [0.5, 0.6) is 0 Å². The van der Waals surface area contributed by atoms with Crippen LogP contribution in [0.1, 0.15) is 25.3 Å². The highest BCUT2D eigenvalue weighted by Crippen LogP contribution is 2.34. The molecule has 1 aliphatic rings. The molecule has 1 N–H and O–H groups in total. The molecule has 9 heteroatoms. The summed E-state index contributed by atoms with van der Waals surface area (Å²) in [7, 11) is -0.761. The van der Waals surface area contributed by atoms with Gasteiger partial charge in [0.1, 0.15) is 0 Å². The molecular formula is C22H26N4O4S. The molecule has 1 fully saturated rings. The van der Waals surface area contributed by atoms with Gasteiger partial charge in [-0.25, -0.2) is 8.42 Å². The highest BCUT2D eigenvalue weighted by molar-refractivity contribution is 7.92. The van der Waals surface area contributed by atoms with Crippen molar-refractivity contribution in [1.82, 2.24) is 9.13 Å². The number of nitrogens with zero attached hydrogens (tertiary/aromatic N) is 3. The van der Waals surface area contributed by atoms with Crippen LogP contribution in [0.15, 0.2) is 50.9 Å². The fourth-order valence-corrected chi connectivity index (χ4v) is 5.08. The fraction of sp³-hybridized carbons (Fsp3) is 0.364. The van der Waals surface area contributed by atoms with Crippen molar-refractivity contribution in [2.45, 2.75) is 31.1 Å². The molecule has 2 aromatic carbocycles. The number of fused-ring (bicyclic) bond motifs is 1. The van der Waals surface area contributed by atoms with Crippen LogP contribution in [-0.2, 0) is 30.5 Å². The standard InChI is InChI=1S/C22H26N4O4S/c1-4-15-7-9-16(10-8-15)31(29,30)23-17-13-19-20(14-18(17)26-11-5-6-12-26)25(3)22(28)21(27)24(19)2/h7-10,13-14,23H,4-6,11-12H2,1-3H3. The second-order valence-corrected chi connectivity index (χ2v) is 9.57. The highest BCUT2D eigenvalue weighted by atomic mass is 32.2. The first kappa shape index (κ1) is 21.2. The van der Waals surface area contributed by atoms with E-state index in [0.717, 1.165) is 37.9 Å². The summed E-state index contributed by atoms with van der Waals surface area (Å²) in [6.07, 6.45) is 2.84. The molecule has 164 valence electrons. The number of sulfonamides is 1. The van der Waals surface area contributed by atoms with Gasteiger partial charge < -0.3 is 14.0 Å². The zero-order valence-electron chi connectivity index (χ0n) is 17.9. The van der Waals surface area contributed by atoms with Gasteiger partial charge in [0.15, 0.2) is 0 Å². The number of hydrogen-bond acceptors (Lipinski definition) is 5. The maximum atomic E-state index is 13.1. The lowest BCUT2D eigenvalue weighted by Gasteiger charge is -2.24. The first-order valence-electron chi connectivity index (χ1n) is 10.3. The first-order valence-corrected chi connectivity index (χ1v) is 11.8. The van der Waals surface area contributed by atoms with Crippen LogP contribution in [0.3, 0.4) is 0 Å². The van der Waals surface area contributed by atoms with Crippen LogP contribution in [-0.4, -0.2) is 30.6 Å². The molecular weight excluding hydrogens is 416 g/mol. The van der Waals surface area contributed by atoms with Gasteiger partial charge in [-0.3, -0.25) is 14.3 Å². The van der Waals surface area contributed by atoms with Gasteiger partial charge in [-0.1, -0.05) is 19.1 Å². The molecule has 0 bridgehead atoms. The van der Waals surface area contributed by atoms with Crippen molar-refractivity contribution in [1.29, 1.82) is 0 Å². The van der Waals surface area contributed by atoms with Crippen molar-refractivity contribution in [3.05, 3.63) is 62.7 Å². The van der Waals surface area contributed by atoms with Gasteiger partial charge in [-0.05, 0) is 49.1 Å². The Labute approximate surface area is 180 Å². The van der Waals surface area contributed by atoms with E-state index in [0.29, 0.717) is 22.4 Å². The van der Waals surface area contributed by atoms with E-state index in [9.17, 15) is 18.0 Å². The number of nitrogens with one attached hydrogen (secondary N) is 1. The predicted molar refractivity (Wildman–Crippen MR) is 123 cm³/mol. The van der Waals surface area contributed by atoms with Gasteiger partial charge in [0.25, 0.3) is 10.0 Å². The van der Waals surface area contributed by atoms with Crippen molar-refractivity contribution in [3.8, 4) is 0 Å². The zero-order valence-corrected chi connectivity index (χ0v) is 18.7. The number of hydrogen-bond donors (Lipinski definition) is 1. The van der Waals surface area contributed by atoms with Crippen molar-refractivity contribution >= 4 is 32.4 Å². The van der Waals surface area contributed by atoms with E-state index in [1.807, 2.05) is 6.92 Å². The highest BCUT2D eigenvalue weighted by Gasteiger charge is 2.23. The van der Waals surface area contributed by atoms with Gasteiger partial charge in [0.05, 0.1) is 27.3 Å². The van der Waals surface area contributed by atoms with E-state index < -0.39 is 21.1 Å². The second kappa shape index (κ2) is 7.88. The van der Waals surface area contributed by atoms with E-state index in [2.05, 4.69) is 9.62 Å². The molecule has 0 aliphatic carbocycles. The van der Waals surface area contributed by atoms with Crippen LogP contribution in [0.25, 0.3) is 11.0 Å². The Balaban J connectivity index is 1.89. The molecule has 4 rings (SSSR count). The Bertz CT molecular complexity index is 1370. The largest absolute Gasteiger partial charge is 0.370 e. The summed E-state index contributed by atoms with van der Waals surface area (Å²) in [5.41, 5.74) is 1.92. The van der Waals surface area contributed by atoms with Gasteiger partial charge in [0, 0.05) is 27.2 Å². The Hall–Kier alpha value is -3.07. The average Bonchev–Trinajstić information content (AvgIpc) is 3.30. The third-order valence-electron chi connectivity index (χ3n) is 5.94. The SMILES string of the molecule is CCc1ccc(S(=O)(=O)Nc2cc3c(cc2N2CCCC2)n(C)c(=O)c(=O)n3C)cc1. The van der Waals surface area contributed by atoms with E-state index in [-0.39, 0.29) is 4.90 Å². The number of aromatic nitrogens is 2. The number of rotatable bonds is 5. The molecule has 0 amide bonds. The molecule has 0 saturated carbocycles. The maximum Gasteiger partial charge on any atom is 0.316 e. The fourth-order valence-electron chi connectivity index (χ4n) is 4.02. The van der Waals surface area contributed by atoms with Gasteiger partial charge >= 0.3 is 11.1 Å². The van der Waals surface area contributed by atoms with Gasteiger partial charge in [-0.15, -0.1) is 0 Å². The van der Waals surface area contributed by atoms with E-state index in [1.54, 1.807) is 43.4 Å². The topological polar surface area (TPSA) is 93.4 Å². The third-order valence-corrected chi connectivity index (χ3v) is 7.32. The van der Waals surface area contributed by atoms with Crippen molar-refractivity contribution in [2.75, 3.05) is 22.7 Å². The lowest BCUT2D eigenvalue weighted by atomic mass is 10.2. The molecule has 0 atom stereocenters. The summed E-state index contributed by atoms with van der Waals surface area (Å²) in [5.74, 6) is 0. The predicted octanol–water partition coefficient (Wildman–Crippen LogP) is 2.20. The number of anilines is 2. The minimum atomic E-state index is -3.83. The average molecular weight is 443 g/mol. The summed E-state index contributed by atoms with van der Waals surface area (Å²) in [5, 5.41) is 0. The lowest BCUT2D eigenvalue weighted by molar-refractivity contribution is 0.601. The Morgan fingerprint density at radius 2 is 1.45 bits per heavy atom. The van der Waals surface area contributed by atoms with Crippen molar-refractivity contribution in [3.63, 3.8) is 0 Å². The smallest absolute Gasteiger partial charge is 0.316 e. The minimum Gasteiger partial charge on any atom is -0.370 e.